The molecule has 0 aromatic carbocycles. The van der Waals surface area contributed by atoms with Crippen molar-refractivity contribution in [1.82, 2.24) is 9.55 Å². The van der Waals surface area contributed by atoms with E-state index in [1.165, 1.54) is 93.5 Å². The zero-order valence-electron chi connectivity index (χ0n) is 17.5. The summed E-state index contributed by atoms with van der Waals surface area (Å²) >= 11 is 1.97. The van der Waals surface area contributed by atoms with Crippen molar-refractivity contribution in [1.29, 1.82) is 0 Å². The van der Waals surface area contributed by atoms with Gasteiger partial charge in [0.15, 0.2) is 0 Å². The molecule has 0 atom stereocenters. The molecule has 0 aliphatic carbocycles. The van der Waals surface area contributed by atoms with Crippen LogP contribution in [-0.4, -0.2) is 15.3 Å². The van der Waals surface area contributed by atoms with Crippen LogP contribution in [0, 0.1) is 6.92 Å². The Morgan fingerprint density at radius 2 is 1.41 bits per heavy atom. The van der Waals surface area contributed by atoms with Crippen molar-refractivity contribution in [2.45, 2.75) is 95.9 Å². The number of thioether (sulfide) groups is 1. The van der Waals surface area contributed by atoms with Crippen LogP contribution in [0.1, 0.15) is 89.7 Å². The van der Waals surface area contributed by atoms with Crippen LogP contribution in [0.3, 0.4) is 0 Å². The maximum Gasteiger partial charge on any atom is 0.137 e. The molecule has 0 amide bonds. The summed E-state index contributed by atoms with van der Waals surface area (Å²) in [7, 11) is 0. The summed E-state index contributed by atoms with van der Waals surface area (Å²) in [6, 6.07) is 10.5. The number of nitrogens with zero attached hydrogens (tertiary/aromatic N) is 2. The average Bonchev–Trinajstić information content (AvgIpc) is 3.06. The Hall–Kier alpha value is -1.22. The van der Waals surface area contributed by atoms with E-state index >= 15 is 0 Å². The summed E-state index contributed by atoms with van der Waals surface area (Å²) in [5.41, 5.74) is 1.26. The van der Waals surface area contributed by atoms with E-state index in [1.54, 1.807) is 0 Å². The molecule has 0 radical (unpaired) electrons. The molecule has 2 aromatic rings. The lowest BCUT2D eigenvalue weighted by Crippen LogP contribution is -2.00. The number of rotatable bonds is 15. The Morgan fingerprint density at radius 1 is 0.778 bits per heavy atom. The zero-order valence-corrected chi connectivity index (χ0v) is 18.3. The molecule has 3 heteroatoms. The Labute approximate surface area is 171 Å². The maximum absolute atomic E-state index is 4.51. The Morgan fingerprint density at radius 3 is 2.00 bits per heavy atom. The van der Waals surface area contributed by atoms with E-state index in [2.05, 4.69) is 47.7 Å². The molecule has 2 nitrogen and oxygen atoms in total. The van der Waals surface area contributed by atoms with Gasteiger partial charge in [-0.1, -0.05) is 83.6 Å². The smallest absolute Gasteiger partial charge is 0.137 e. The van der Waals surface area contributed by atoms with Gasteiger partial charge >= 0.3 is 0 Å². The Balaban J connectivity index is 1.52. The lowest BCUT2D eigenvalue weighted by molar-refractivity contribution is 0.548. The lowest BCUT2D eigenvalue weighted by atomic mass is 10.1. The summed E-state index contributed by atoms with van der Waals surface area (Å²) < 4.78 is 2.27. The number of unbranched alkanes of at least 4 members (excludes halogenated alkanes) is 11. The lowest BCUT2D eigenvalue weighted by Gasteiger charge is -2.10. The SMILES string of the molecule is CCCCCCCCCCCCCCSc1ccc(C)n1-c1ccccn1. The van der Waals surface area contributed by atoms with Crippen molar-refractivity contribution in [2.75, 3.05) is 5.75 Å². The number of aryl methyl sites for hydroxylation is 1. The van der Waals surface area contributed by atoms with Gasteiger partial charge in [-0.15, -0.1) is 11.8 Å². The first kappa shape index (κ1) is 22.1. The van der Waals surface area contributed by atoms with Crippen LogP contribution in [-0.2, 0) is 0 Å². The number of aromatic nitrogens is 2. The number of hydrogen-bond donors (Lipinski definition) is 0. The maximum atomic E-state index is 4.51. The molecule has 0 bridgehead atoms. The summed E-state index contributed by atoms with van der Waals surface area (Å²) in [5, 5.41) is 1.31. The predicted octanol–water partition coefficient (Wildman–Crippen LogP) is 7.97. The fourth-order valence-electron chi connectivity index (χ4n) is 3.53. The van der Waals surface area contributed by atoms with E-state index in [0.717, 1.165) is 5.82 Å². The van der Waals surface area contributed by atoms with Gasteiger partial charge in [0.05, 0.1) is 5.03 Å². The first-order valence-corrected chi connectivity index (χ1v) is 12.0. The number of hydrogen-bond acceptors (Lipinski definition) is 2. The fraction of sp³-hybridized carbons (Fsp3) is 0.625. The van der Waals surface area contributed by atoms with Gasteiger partial charge in [-0.05, 0) is 43.4 Å². The molecule has 2 rings (SSSR count). The number of pyridine rings is 1. The molecule has 2 heterocycles. The Bertz CT molecular complexity index is 606. The highest BCUT2D eigenvalue weighted by Gasteiger charge is 2.08. The summed E-state index contributed by atoms with van der Waals surface area (Å²) in [6.45, 7) is 4.44. The zero-order chi connectivity index (χ0) is 19.2. The second-order valence-corrected chi connectivity index (χ2v) is 8.69. The largest absolute Gasteiger partial charge is 0.293 e. The van der Waals surface area contributed by atoms with E-state index in [4.69, 9.17) is 0 Å². The van der Waals surface area contributed by atoms with Crippen molar-refractivity contribution in [2.24, 2.45) is 0 Å². The highest BCUT2D eigenvalue weighted by atomic mass is 32.2. The quantitative estimate of drug-likeness (QED) is 0.228. The van der Waals surface area contributed by atoms with Crippen molar-refractivity contribution in [3.63, 3.8) is 0 Å². The third kappa shape index (κ3) is 8.55. The van der Waals surface area contributed by atoms with Crippen LogP contribution >= 0.6 is 11.8 Å². The summed E-state index contributed by atoms with van der Waals surface area (Å²) in [6.07, 6.45) is 18.8. The normalized spacial score (nSPS) is 11.2. The van der Waals surface area contributed by atoms with Crippen molar-refractivity contribution >= 4 is 11.8 Å². The van der Waals surface area contributed by atoms with Crippen molar-refractivity contribution in [3.05, 3.63) is 42.2 Å². The minimum absolute atomic E-state index is 1.03. The molecular formula is C24H38N2S. The first-order valence-electron chi connectivity index (χ1n) is 11.1. The van der Waals surface area contributed by atoms with E-state index in [0.29, 0.717) is 0 Å². The fourth-order valence-corrected chi connectivity index (χ4v) is 4.62. The molecule has 0 aliphatic rings. The van der Waals surface area contributed by atoms with Gasteiger partial charge in [0.1, 0.15) is 5.82 Å². The summed E-state index contributed by atoms with van der Waals surface area (Å²) in [5.74, 6) is 2.23. The van der Waals surface area contributed by atoms with E-state index in [-0.39, 0.29) is 0 Å². The van der Waals surface area contributed by atoms with E-state index < -0.39 is 0 Å². The van der Waals surface area contributed by atoms with Gasteiger partial charge in [0.2, 0.25) is 0 Å². The van der Waals surface area contributed by atoms with Gasteiger partial charge in [0.25, 0.3) is 0 Å². The van der Waals surface area contributed by atoms with Crippen LogP contribution in [0.5, 0.6) is 0 Å². The van der Waals surface area contributed by atoms with Gasteiger partial charge in [-0.2, -0.15) is 0 Å². The third-order valence-electron chi connectivity index (χ3n) is 5.17. The molecule has 27 heavy (non-hydrogen) atoms. The van der Waals surface area contributed by atoms with E-state index in [1.807, 2.05) is 24.0 Å². The molecular weight excluding hydrogens is 348 g/mol. The molecule has 0 saturated carbocycles. The Kier molecular flexibility index (Phi) is 11.3. The van der Waals surface area contributed by atoms with Crippen LogP contribution in [0.15, 0.2) is 41.6 Å². The van der Waals surface area contributed by atoms with Crippen LogP contribution in [0.2, 0.25) is 0 Å². The second-order valence-electron chi connectivity index (χ2n) is 7.57. The minimum atomic E-state index is 1.03. The van der Waals surface area contributed by atoms with Crippen LogP contribution in [0.25, 0.3) is 5.82 Å². The predicted molar refractivity (Wildman–Crippen MR) is 120 cm³/mol. The molecule has 0 saturated heterocycles. The first-order chi connectivity index (χ1) is 13.3. The van der Waals surface area contributed by atoms with Crippen LogP contribution in [0.4, 0.5) is 0 Å². The van der Waals surface area contributed by atoms with Gasteiger partial charge in [-0.25, -0.2) is 4.98 Å². The van der Waals surface area contributed by atoms with Crippen molar-refractivity contribution in [3.8, 4) is 5.82 Å². The highest BCUT2D eigenvalue weighted by molar-refractivity contribution is 7.99. The second kappa shape index (κ2) is 13.9. The molecule has 0 spiro atoms. The van der Waals surface area contributed by atoms with Crippen molar-refractivity contribution < 1.29 is 0 Å². The average molecular weight is 387 g/mol. The molecule has 0 fully saturated rings. The molecule has 2 aromatic heterocycles. The third-order valence-corrected chi connectivity index (χ3v) is 6.27. The monoisotopic (exact) mass is 386 g/mol. The van der Waals surface area contributed by atoms with Gasteiger partial charge in [0, 0.05) is 11.9 Å². The molecule has 0 N–H and O–H groups in total. The van der Waals surface area contributed by atoms with E-state index in [9.17, 15) is 0 Å². The van der Waals surface area contributed by atoms with Gasteiger partial charge in [-0.3, -0.25) is 4.57 Å². The molecule has 0 unspecified atom stereocenters. The van der Waals surface area contributed by atoms with Crippen LogP contribution < -0.4 is 0 Å². The minimum Gasteiger partial charge on any atom is -0.293 e. The standard InChI is InChI=1S/C24H38N2S/c1-3-4-5-6-7-8-9-10-11-12-13-16-21-27-24-19-18-22(2)26(24)23-17-14-15-20-25-23/h14-15,17-20H,3-13,16,21H2,1-2H3. The summed E-state index contributed by atoms with van der Waals surface area (Å²) in [4.78, 5) is 4.51. The topological polar surface area (TPSA) is 17.8 Å². The molecule has 150 valence electrons. The molecule has 0 aliphatic heterocycles. The van der Waals surface area contributed by atoms with Gasteiger partial charge < -0.3 is 0 Å². The highest BCUT2D eigenvalue weighted by Crippen LogP contribution is 2.26.